The Morgan fingerprint density at radius 3 is 2.76 bits per heavy atom. The van der Waals surface area contributed by atoms with Crippen LogP contribution in [0.3, 0.4) is 0 Å². The van der Waals surface area contributed by atoms with Crippen LogP contribution in [0.4, 0.5) is 4.79 Å². The van der Waals surface area contributed by atoms with E-state index in [1.807, 2.05) is 6.07 Å². The highest BCUT2D eigenvalue weighted by Crippen LogP contribution is 2.10. The largest absolute Gasteiger partial charge is 0.351 e. The van der Waals surface area contributed by atoms with E-state index < -0.39 is 6.03 Å². The molecule has 0 heterocycles. The van der Waals surface area contributed by atoms with Gasteiger partial charge in [-0.3, -0.25) is 4.79 Å². The van der Waals surface area contributed by atoms with Crippen molar-refractivity contribution < 1.29 is 9.59 Å². The minimum Gasteiger partial charge on any atom is -0.351 e. The molecule has 0 radical (unpaired) electrons. The molecule has 0 aliphatic carbocycles. The second-order valence-corrected chi connectivity index (χ2v) is 4.04. The van der Waals surface area contributed by atoms with E-state index in [9.17, 15) is 9.59 Å². The Bertz CT molecular complexity index is 423. The van der Waals surface area contributed by atoms with Gasteiger partial charge in [-0.05, 0) is 17.7 Å². The molecule has 0 unspecified atom stereocenters. The van der Waals surface area contributed by atoms with Gasteiger partial charge in [0.1, 0.15) is 6.54 Å². The summed E-state index contributed by atoms with van der Waals surface area (Å²) in [5.74, 6) is -0.272. The highest BCUT2D eigenvalue weighted by atomic mass is 35.5. The Morgan fingerprint density at radius 1 is 1.47 bits per heavy atom. The second kappa shape index (κ2) is 6.10. The third-order valence-corrected chi connectivity index (χ3v) is 2.37. The number of nitrogens with two attached hydrogens (primary N) is 1. The lowest BCUT2D eigenvalue weighted by Gasteiger charge is -2.13. The summed E-state index contributed by atoms with van der Waals surface area (Å²) in [5, 5.41) is 3.28. The standard InChI is InChI=1S/C11H14ClN3O2/c1-15(11(13)17)7-10(16)14-6-8-3-2-4-9(12)5-8/h2-5H,6-7H2,1H3,(H2,13,17)(H,14,16). The summed E-state index contributed by atoms with van der Waals surface area (Å²) >= 11 is 5.80. The molecule has 6 heteroatoms. The molecule has 3 amide bonds. The van der Waals surface area contributed by atoms with Crippen LogP contribution in [0.2, 0.25) is 5.02 Å². The zero-order chi connectivity index (χ0) is 12.8. The van der Waals surface area contributed by atoms with Crippen molar-refractivity contribution in [1.82, 2.24) is 10.2 Å². The van der Waals surface area contributed by atoms with Crippen molar-refractivity contribution >= 4 is 23.5 Å². The van der Waals surface area contributed by atoms with Crippen LogP contribution in [0.15, 0.2) is 24.3 Å². The predicted molar refractivity (Wildman–Crippen MR) is 65.5 cm³/mol. The van der Waals surface area contributed by atoms with E-state index >= 15 is 0 Å². The molecule has 3 N–H and O–H groups in total. The average Bonchev–Trinajstić information content (AvgIpc) is 2.26. The lowest BCUT2D eigenvalue weighted by molar-refractivity contribution is -0.121. The molecule has 0 spiro atoms. The molecule has 0 atom stereocenters. The molecule has 0 aromatic heterocycles. The molecule has 92 valence electrons. The quantitative estimate of drug-likeness (QED) is 0.841. The van der Waals surface area contributed by atoms with Crippen molar-refractivity contribution in [2.24, 2.45) is 5.73 Å². The Hall–Kier alpha value is -1.75. The van der Waals surface area contributed by atoms with Crippen LogP contribution in [0.1, 0.15) is 5.56 Å². The van der Waals surface area contributed by atoms with Gasteiger partial charge in [0.25, 0.3) is 0 Å². The first-order chi connectivity index (χ1) is 7.99. The summed E-state index contributed by atoms with van der Waals surface area (Å²) in [6.45, 7) is 0.307. The zero-order valence-electron chi connectivity index (χ0n) is 9.44. The normalized spacial score (nSPS) is 9.76. The van der Waals surface area contributed by atoms with Crippen LogP contribution in [0, 0.1) is 0 Å². The van der Waals surface area contributed by atoms with E-state index in [0.717, 1.165) is 10.5 Å². The third kappa shape index (κ3) is 4.74. The third-order valence-electron chi connectivity index (χ3n) is 2.14. The van der Waals surface area contributed by atoms with Crippen LogP contribution < -0.4 is 11.1 Å². The molecule has 0 fully saturated rings. The molecule has 0 saturated heterocycles. The number of amides is 3. The number of rotatable bonds is 4. The van der Waals surface area contributed by atoms with Gasteiger partial charge in [0.05, 0.1) is 0 Å². The fourth-order valence-corrected chi connectivity index (χ4v) is 1.41. The van der Waals surface area contributed by atoms with E-state index in [-0.39, 0.29) is 12.5 Å². The summed E-state index contributed by atoms with van der Waals surface area (Å²) in [6, 6.07) is 6.54. The highest BCUT2D eigenvalue weighted by Gasteiger charge is 2.08. The minimum atomic E-state index is -0.636. The fourth-order valence-electron chi connectivity index (χ4n) is 1.20. The van der Waals surface area contributed by atoms with Crippen molar-refractivity contribution in [1.29, 1.82) is 0 Å². The molecule has 1 aromatic carbocycles. The second-order valence-electron chi connectivity index (χ2n) is 3.60. The number of carbonyl (C=O) groups excluding carboxylic acids is 2. The summed E-state index contributed by atoms with van der Waals surface area (Å²) in [5.41, 5.74) is 5.90. The van der Waals surface area contributed by atoms with Gasteiger partial charge in [-0.2, -0.15) is 0 Å². The van der Waals surface area contributed by atoms with E-state index in [1.54, 1.807) is 18.2 Å². The van der Waals surface area contributed by atoms with Crippen molar-refractivity contribution in [3.8, 4) is 0 Å². The first-order valence-electron chi connectivity index (χ1n) is 5.00. The Labute approximate surface area is 105 Å². The van der Waals surface area contributed by atoms with Crippen molar-refractivity contribution in [2.45, 2.75) is 6.54 Å². The average molecular weight is 256 g/mol. The first-order valence-corrected chi connectivity index (χ1v) is 5.38. The molecule has 5 nitrogen and oxygen atoms in total. The molecular weight excluding hydrogens is 242 g/mol. The maximum Gasteiger partial charge on any atom is 0.314 e. The Balaban J connectivity index is 2.41. The van der Waals surface area contributed by atoms with Crippen LogP contribution >= 0.6 is 11.6 Å². The number of benzene rings is 1. The lowest BCUT2D eigenvalue weighted by atomic mass is 10.2. The van der Waals surface area contributed by atoms with Crippen molar-refractivity contribution in [3.05, 3.63) is 34.9 Å². The van der Waals surface area contributed by atoms with Gasteiger partial charge in [-0.15, -0.1) is 0 Å². The smallest absolute Gasteiger partial charge is 0.314 e. The molecule has 0 bridgehead atoms. The van der Waals surface area contributed by atoms with E-state index in [2.05, 4.69) is 5.32 Å². The summed E-state index contributed by atoms with van der Waals surface area (Å²) in [7, 11) is 1.46. The molecule has 1 rings (SSSR count). The van der Waals surface area contributed by atoms with Gasteiger partial charge in [-0.1, -0.05) is 23.7 Å². The van der Waals surface area contributed by atoms with E-state index in [1.165, 1.54) is 7.05 Å². The van der Waals surface area contributed by atoms with E-state index in [0.29, 0.717) is 11.6 Å². The SMILES string of the molecule is CN(CC(=O)NCc1cccc(Cl)c1)C(N)=O. The predicted octanol–water partition coefficient (Wildman–Crippen LogP) is 0.967. The summed E-state index contributed by atoms with van der Waals surface area (Å²) in [4.78, 5) is 23.3. The fraction of sp³-hybridized carbons (Fsp3) is 0.273. The molecular formula is C11H14ClN3O2. The number of halogens is 1. The molecule has 0 aliphatic heterocycles. The number of hydrogen-bond donors (Lipinski definition) is 2. The van der Waals surface area contributed by atoms with Crippen LogP contribution in [-0.4, -0.2) is 30.4 Å². The lowest BCUT2D eigenvalue weighted by Crippen LogP contribution is -2.40. The number of hydrogen-bond acceptors (Lipinski definition) is 2. The number of carbonyl (C=O) groups is 2. The number of nitrogens with one attached hydrogen (secondary N) is 1. The van der Waals surface area contributed by atoms with Crippen LogP contribution in [-0.2, 0) is 11.3 Å². The Morgan fingerprint density at radius 2 is 2.18 bits per heavy atom. The Kier molecular flexibility index (Phi) is 4.78. The molecule has 0 aliphatic rings. The van der Waals surface area contributed by atoms with Crippen LogP contribution in [0.25, 0.3) is 0 Å². The van der Waals surface area contributed by atoms with Gasteiger partial charge in [0, 0.05) is 18.6 Å². The molecule has 17 heavy (non-hydrogen) atoms. The number of urea groups is 1. The van der Waals surface area contributed by atoms with Gasteiger partial charge < -0.3 is 16.0 Å². The van der Waals surface area contributed by atoms with Crippen molar-refractivity contribution in [2.75, 3.05) is 13.6 Å². The number of likely N-dealkylation sites (N-methyl/N-ethyl adjacent to an activating group) is 1. The summed E-state index contributed by atoms with van der Waals surface area (Å²) in [6.07, 6.45) is 0. The molecule has 0 saturated carbocycles. The maximum absolute atomic E-state index is 11.4. The van der Waals surface area contributed by atoms with Crippen LogP contribution in [0.5, 0.6) is 0 Å². The summed E-state index contributed by atoms with van der Waals surface area (Å²) < 4.78 is 0. The number of primary amides is 1. The van der Waals surface area contributed by atoms with E-state index in [4.69, 9.17) is 17.3 Å². The molecule has 1 aromatic rings. The number of nitrogens with zero attached hydrogens (tertiary/aromatic N) is 1. The monoisotopic (exact) mass is 255 g/mol. The van der Waals surface area contributed by atoms with Gasteiger partial charge in [-0.25, -0.2) is 4.79 Å². The topological polar surface area (TPSA) is 75.4 Å². The van der Waals surface area contributed by atoms with Gasteiger partial charge >= 0.3 is 6.03 Å². The van der Waals surface area contributed by atoms with Gasteiger partial charge in [0.2, 0.25) is 5.91 Å². The zero-order valence-corrected chi connectivity index (χ0v) is 10.2. The maximum atomic E-state index is 11.4. The minimum absolute atomic E-state index is 0.0596. The van der Waals surface area contributed by atoms with Gasteiger partial charge in [0.15, 0.2) is 0 Å². The highest BCUT2D eigenvalue weighted by molar-refractivity contribution is 6.30. The van der Waals surface area contributed by atoms with Crippen molar-refractivity contribution in [3.63, 3.8) is 0 Å². The first kappa shape index (κ1) is 13.3.